The number of esters is 2. The summed E-state index contributed by atoms with van der Waals surface area (Å²) in [7, 11) is -4.75. The minimum absolute atomic E-state index is 0.221. The van der Waals surface area contributed by atoms with Crippen molar-refractivity contribution in [1.29, 1.82) is 0 Å². The van der Waals surface area contributed by atoms with Gasteiger partial charge in [-0.3, -0.25) is 14.1 Å². The first kappa shape index (κ1) is 60.1. The van der Waals surface area contributed by atoms with Gasteiger partial charge in [0.05, 0.1) is 6.61 Å². The van der Waals surface area contributed by atoms with Crippen molar-refractivity contribution < 1.29 is 37.9 Å². The third-order valence-corrected chi connectivity index (χ3v) is 12.9. The van der Waals surface area contributed by atoms with Gasteiger partial charge >= 0.3 is 19.8 Å². The average Bonchev–Trinajstić information content (AvgIpc) is 3.23. The van der Waals surface area contributed by atoms with E-state index in [4.69, 9.17) is 19.3 Å². The molecule has 0 bridgehead atoms. The van der Waals surface area contributed by atoms with Gasteiger partial charge in [0.2, 0.25) is 0 Å². The quantitative estimate of drug-likeness (QED) is 0.0352. The normalized spacial score (nSPS) is 12.3. The van der Waals surface area contributed by atoms with E-state index in [1.54, 1.807) is 0 Å². The molecule has 0 radical (unpaired) electrons. The lowest BCUT2D eigenvalue weighted by atomic mass is 10.0. The minimum atomic E-state index is -4.75. The van der Waals surface area contributed by atoms with Crippen LogP contribution in [0.4, 0.5) is 0 Å². The molecule has 0 aromatic rings. The molecule has 0 fully saturated rings. The summed E-state index contributed by atoms with van der Waals surface area (Å²) in [5, 5.41) is 0. The third kappa shape index (κ3) is 51.6. The number of hydrogen-bond acceptors (Lipinski definition) is 6. The van der Waals surface area contributed by atoms with E-state index in [-0.39, 0.29) is 19.4 Å². The van der Waals surface area contributed by atoms with Crippen LogP contribution >= 0.6 is 7.82 Å². The SMILES string of the molecule is CCCCCCCCCCCCCCCCCCCCCCCCC(=O)O[C@H](COC(=O)CCCCCCCCCCCCCCCCCCCCCCC)COP(=O)(O)O. The zero-order chi connectivity index (χ0) is 44.6. The summed E-state index contributed by atoms with van der Waals surface area (Å²) in [4.78, 5) is 43.1. The van der Waals surface area contributed by atoms with Gasteiger partial charge < -0.3 is 19.3 Å². The van der Waals surface area contributed by atoms with Gasteiger partial charge in [0.1, 0.15) is 6.61 Å². The summed E-state index contributed by atoms with van der Waals surface area (Å²) in [6.45, 7) is 3.76. The predicted molar refractivity (Wildman–Crippen MR) is 258 cm³/mol. The lowest BCUT2D eigenvalue weighted by Crippen LogP contribution is -2.29. The van der Waals surface area contributed by atoms with E-state index >= 15 is 0 Å². The number of phosphoric acid groups is 1. The van der Waals surface area contributed by atoms with Crippen molar-refractivity contribution in [2.24, 2.45) is 0 Å². The molecule has 8 nitrogen and oxygen atoms in total. The molecule has 0 aliphatic carbocycles. The van der Waals surface area contributed by atoms with E-state index in [0.717, 1.165) is 32.1 Å². The van der Waals surface area contributed by atoms with Gasteiger partial charge in [0.25, 0.3) is 0 Å². The predicted octanol–water partition coefficient (Wildman–Crippen LogP) is 17.1. The van der Waals surface area contributed by atoms with Crippen molar-refractivity contribution in [3.63, 3.8) is 0 Å². The van der Waals surface area contributed by atoms with Crippen molar-refractivity contribution in [3.05, 3.63) is 0 Å². The Morgan fingerprint density at radius 2 is 0.590 bits per heavy atom. The fourth-order valence-electron chi connectivity index (χ4n) is 8.38. The van der Waals surface area contributed by atoms with Crippen molar-refractivity contribution >= 4 is 19.8 Å². The van der Waals surface area contributed by atoms with Gasteiger partial charge in [-0.15, -0.1) is 0 Å². The molecule has 1 atom stereocenters. The van der Waals surface area contributed by atoms with E-state index in [1.807, 2.05) is 0 Å². The van der Waals surface area contributed by atoms with Crippen LogP contribution in [0.2, 0.25) is 0 Å². The van der Waals surface area contributed by atoms with E-state index in [1.165, 1.54) is 238 Å². The summed E-state index contributed by atoms with van der Waals surface area (Å²) < 4.78 is 26.6. The van der Waals surface area contributed by atoms with Crippen LogP contribution in [0.15, 0.2) is 0 Å². The first-order valence-corrected chi connectivity index (χ1v) is 28.4. The van der Waals surface area contributed by atoms with Crippen molar-refractivity contribution in [2.45, 2.75) is 309 Å². The van der Waals surface area contributed by atoms with Crippen LogP contribution in [0, 0.1) is 0 Å². The van der Waals surface area contributed by atoms with Crippen LogP contribution in [-0.2, 0) is 28.2 Å². The highest BCUT2D eigenvalue weighted by Gasteiger charge is 2.23. The lowest BCUT2D eigenvalue weighted by Gasteiger charge is -2.18. The monoisotopic (exact) mass is 887 g/mol. The molecule has 0 saturated heterocycles. The summed E-state index contributed by atoms with van der Waals surface area (Å²) in [5.41, 5.74) is 0. The van der Waals surface area contributed by atoms with Crippen LogP contribution in [0.3, 0.4) is 0 Å². The molecule has 0 saturated carbocycles. The molecule has 0 heterocycles. The van der Waals surface area contributed by atoms with Gasteiger partial charge in [-0.05, 0) is 12.8 Å². The number of ether oxygens (including phenoxy) is 2. The number of rotatable bonds is 51. The Balaban J connectivity index is 3.73. The van der Waals surface area contributed by atoms with Gasteiger partial charge in [0, 0.05) is 12.8 Å². The van der Waals surface area contributed by atoms with Crippen LogP contribution in [0.1, 0.15) is 303 Å². The van der Waals surface area contributed by atoms with E-state index in [2.05, 4.69) is 18.4 Å². The molecule has 2 N–H and O–H groups in total. The molecule has 0 aromatic heterocycles. The second-order valence-electron chi connectivity index (χ2n) is 18.6. The molecule has 0 amide bonds. The molecular formula is C52H103O8P. The zero-order valence-electron chi connectivity index (χ0n) is 40.6. The molecule has 61 heavy (non-hydrogen) atoms. The molecule has 0 rings (SSSR count). The molecule has 364 valence electrons. The summed E-state index contributed by atoms with van der Waals surface area (Å²) in [6.07, 6.45) is 55.6. The number of carbonyl (C=O) groups excluding carboxylic acids is 2. The summed E-state index contributed by atoms with van der Waals surface area (Å²) >= 11 is 0. The van der Waals surface area contributed by atoms with Crippen molar-refractivity contribution in [1.82, 2.24) is 0 Å². The van der Waals surface area contributed by atoms with Gasteiger partial charge in [-0.25, -0.2) is 4.57 Å². The Morgan fingerprint density at radius 3 is 0.836 bits per heavy atom. The Hall–Kier alpha value is -0.950. The second-order valence-corrected chi connectivity index (χ2v) is 19.8. The minimum Gasteiger partial charge on any atom is -0.462 e. The maximum absolute atomic E-state index is 12.5. The molecule has 0 aliphatic heterocycles. The van der Waals surface area contributed by atoms with Gasteiger partial charge in [0.15, 0.2) is 6.10 Å². The largest absolute Gasteiger partial charge is 0.469 e. The van der Waals surface area contributed by atoms with Crippen molar-refractivity contribution in [3.8, 4) is 0 Å². The third-order valence-electron chi connectivity index (χ3n) is 12.4. The average molecular weight is 887 g/mol. The Morgan fingerprint density at radius 1 is 0.361 bits per heavy atom. The van der Waals surface area contributed by atoms with Gasteiger partial charge in [-0.2, -0.15) is 0 Å². The molecule has 0 spiro atoms. The Labute approximate surface area is 378 Å². The smallest absolute Gasteiger partial charge is 0.462 e. The number of unbranched alkanes of at least 4 members (excludes halogenated alkanes) is 41. The molecule has 0 aliphatic rings. The first-order chi connectivity index (χ1) is 29.8. The highest BCUT2D eigenvalue weighted by Crippen LogP contribution is 2.36. The standard InChI is InChI=1S/C52H103O8P/c1-3-5-7-9-11-13-15-17-19-21-23-25-27-29-31-33-35-37-39-41-43-45-47-52(54)60-50(49-59-61(55,56)57)48-58-51(53)46-44-42-40-38-36-34-32-30-28-26-24-22-20-18-16-14-12-10-8-6-4-2/h50H,3-49H2,1-2H3,(H2,55,56,57)/t50-/m1/s1. The zero-order valence-corrected chi connectivity index (χ0v) is 41.5. The van der Waals surface area contributed by atoms with E-state index in [9.17, 15) is 14.2 Å². The van der Waals surface area contributed by atoms with E-state index in [0.29, 0.717) is 6.42 Å². The maximum Gasteiger partial charge on any atom is 0.469 e. The van der Waals surface area contributed by atoms with Crippen molar-refractivity contribution in [2.75, 3.05) is 13.2 Å². The van der Waals surface area contributed by atoms with Gasteiger partial charge in [-0.1, -0.05) is 277 Å². The number of phosphoric ester groups is 1. The first-order valence-electron chi connectivity index (χ1n) is 26.8. The number of hydrogen-bond donors (Lipinski definition) is 2. The van der Waals surface area contributed by atoms with Crippen LogP contribution < -0.4 is 0 Å². The Bertz CT molecular complexity index is 956. The molecule has 9 heteroatoms. The molecular weight excluding hydrogens is 784 g/mol. The van der Waals surface area contributed by atoms with E-state index < -0.39 is 32.5 Å². The highest BCUT2D eigenvalue weighted by atomic mass is 31.2. The summed E-state index contributed by atoms with van der Waals surface area (Å²) in [6, 6.07) is 0. The molecule has 0 unspecified atom stereocenters. The number of carbonyl (C=O) groups is 2. The fourth-order valence-corrected chi connectivity index (χ4v) is 8.74. The van der Waals surface area contributed by atoms with Crippen LogP contribution in [-0.4, -0.2) is 41.0 Å². The van der Waals surface area contributed by atoms with Crippen LogP contribution in [0.5, 0.6) is 0 Å². The second kappa shape index (κ2) is 48.5. The highest BCUT2D eigenvalue weighted by molar-refractivity contribution is 7.46. The summed E-state index contributed by atoms with van der Waals surface area (Å²) in [5.74, 6) is -0.859. The Kier molecular flexibility index (Phi) is 47.7. The van der Waals surface area contributed by atoms with Crippen LogP contribution in [0.25, 0.3) is 0 Å². The maximum atomic E-state index is 12.5. The fraction of sp³-hybridized carbons (Fsp3) is 0.962. The lowest BCUT2D eigenvalue weighted by molar-refractivity contribution is -0.161. The topological polar surface area (TPSA) is 119 Å². The molecule has 0 aromatic carbocycles.